The Kier molecular flexibility index (Phi) is 5.25. The van der Waals surface area contributed by atoms with E-state index in [1.165, 1.54) is 12.4 Å². The zero-order chi connectivity index (χ0) is 19.8. The minimum absolute atomic E-state index is 0.0526. The van der Waals surface area contributed by atoms with Gasteiger partial charge < -0.3 is 0 Å². The monoisotopic (exact) mass is 406 g/mol. The van der Waals surface area contributed by atoms with E-state index in [-0.39, 0.29) is 17.4 Å². The van der Waals surface area contributed by atoms with Gasteiger partial charge in [0.25, 0.3) is 12.2 Å². The third kappa shape index (κ3) is 3.84. The summed E-state index contributed by atoms with van der Waals surface area (Å²) in [5.74, 6) is 0.602. The average Bonchev–Trinajstić information content (AvgIpc) is 3.10. The van der Waals surface area contributed by atoms with Gasteiger partial charge in [-0.3, -0.25) is 4.90 Å². The van der Waals surface area contributed by atoms with E-state index in [1.54, 1.807) is 4.52 Å². The van der Waals surface area contributed by atoms with Crippen molar-refractivity contribution in [3.63, 3.8) is 0 Å². The zero-order valence-electron chi connectivity index (χ0n) is 15.7. The lowest BCUT2D eigenvalue weighted by molar-refractivity contribution is 0.143. The number of aryl methyl sites for hydroxylation is 1. The van der Waals surface area contributed by atoms with E-state index in [2.05, 4.69) is 31.9 Å². The molecule has 0 N–H and O–H groups in total. The predicted octanol–water partition coefficient (Wildman–Crippen LogP) is 4.04. The molecule has 1 fully saturated rings. The number of aromatic nitrogens is 5. The summed E-state index contributed by atoms with van der Waals surface area (Å²) in [6.07, 6.45) is -0.323. The molecule has 0 aliphatic carbocycles. The molecule has 0 radical (unpaired) electrons. The molecule has 1 aliphatic heterocycles. The Balaban J connectivity index is 1.64. The van der Waals surface area contributed by atoms with Gasteiger partial charge in [0.1, 0.15) is 17.2 Å². The van der Waals surface area contributed by atoms with Crippen LogP contribution in [0.3, 0.4) is 0 Å². The second-order valence-corrected chi connectivity index (χ2v) is 7.81. The SMILES string of the molecule is Cc1cc(CN2CC[C@H](C)[C@@H](c3cc(C(F)F)nc4ncnn34)C2)cc(Cl)n1. The summed E-state index contributed by atoms with van der Waals surface area (Å²) in [4.78, 5) is 14.5. The van der Waals surface area contributed by atoms with Crippen LogP contribution in [0.5, 0.6) is 0 Å². The summed E-state index contributed by atoms with van der Waals surface area (Å²) < 4.78 is 28.3. The molecule has 0 saturated carbocycles. The fourth-order valence-corrected chi connectivity index (χ4v) is 4.21. The molecule has 6 nitrogen and oxygen atoms in total. The Bertz CT molecular complexity index is 971. The lowest BCUT2D eigenvalue weighted by atomic mass is 9.84. The maximum atomic E-state index is 13.3. The molecule has 148 valence electrons. The Morgan fingerprint density at radius 1 is 1.25 bits per heavy atom. The van der Waals surface area contributed by atoms with E-state index >= 15 is 0 Å². The number of halogens is 3. The Hall–Kier alpha value is -2.19. The fourth-order valence-electron chi connectivity index (χ4n) is 3.94. The molecule has 1 saturated heterocycles. The first-order chi connectivity index (χ1) is 13.4. The molecule has 4 heterocycles. The average molecular weight is 407 g/mol. The smallest absolute Gasteiger partial charge is 0.280 e. The van der Waals surface area contributed by atoms with Gasteiger partial charge in [0.05, 0.1) is 5.69 Å². The number of nitrogens with zero attached hydrogens (tertiary/aromatic N) is 6. The van der Waals surface area contributed by atoms with Crippen molar-refractivity contribution in [1.82, 2.24) is 29.5 Å². The largest absolute Gasteiger partial charge is 0.298 e. The van der Waals surface area contributed by atoms with Crippen molar-refractivity contribution >= 4 is 17.4 Å². The predicted molar refractivity (Wildman–Crippen MR) is 102 cm³/mol. The van der Waals surface area contributed by atoms with Crippen LogP contribution >= 0.6 is 11.6 Å². The second kappa shape index (κ2) is 7.67. The first kappa shape index (κ1) is 19.1. The highest BCUT2D eigenvalue weighted by Crippen LogP contribution is 2.34. The number of piperidine rings is 1. The van der Waals surface area contributed by atoms with Gasteiger partial charge in [0.15, 0.2) is 0 Å². The number of rotatable bonds is 4. The van der Waals surface area contributed by atoms with Gasteiger partial charge in [-0.1, -0.05) is 18.5 Å². The van der Waals surface area contributed by atoms with Gasteiger partial charge in [0, 0.05) is 24.7 Å². The summed E-state index contributed by atoms with van der Waals surface area (Å²) in [7, 11) is 0. The summed E-state index contributed by atoms with van der Waals surface area (Å²) in [5.41, 5.74) is 2.46. The van der Waals surface area contributed by atoms with E-state index in [9.17, 15) is 8.78 Å². The van der Waals surface area contributed by atoms with Crippen LogP contribution in [-0.2, 0) is 6.54 Å². The van der Waals surface area contributed by atoms with Gasteiger partial charge in [-0.05, 0) is 49.6 Å². The van der Waals surface area contributed by atoms with Crippen molar-refractivity contribution in [1.29, 1.82) is 0 Å². The van der Waals surface area contributed by atoms with Crippen LogP contribution in [0.25, 0.3) is 5.78 Å². The highest BCUT2D eigenvalue weighted by molar-refractivity contribution is 6.29. The van der Waals surface area contributed by atoms with Crippen LogP contribution in [0.1, 0.15) is 48.3 Å². The molecule has 2 atom stereocenters. The molecule has 3 aromatic rings. The number of alkyl halides is 2. The summed E-state index contributed by atoms with van der Waals surface area (Å²) in [6, 6.07) is 5.37. The van der Waals surface area contributed by atoms with Crippen molar-refractivity contribution in [2.75, 3.05) is 13.1 Å². The fraction of sp³-hybridized carbons (Fsp3) is 0.474. The minimum atomic E-state index is -2.64. The molecule has 28 heavy (non-hydrogen) atoms. The second-order valence-electron chi connectivity index (χ2n) is 7.43. The van der Waals surface area contributed by atoms with E-state index in [1.807, 2.05) is 19.1 Å². The van der Waals surface area contributed by atoms with Crippen LogP contribution in [0.2, 0.25) is 5.15 Å². The molecule has 0 unspecified atom stereocenters. The topological polar surface area (TPSA) is 59.2 Å². The van der Waals surface area contributed by atoms with Gasteiger partial charge >= 0.3 is 0 Å². The quantitative estimate of drug-likeness (QED) is 0.612. The van der Waals surface area contributed by atoms with E-state index in [4.69, 9.17) is 11.6 Å². The van der Waals surface area contributed by atoms with Gasteiger partial charge in [-0.2, -0.15) is 10.1 Å². The van der Waals surface area contributed by atoms with Crippen LogP contribution in [0.4, 0.5) is 8.78 Å². The van der Waals surface area contributed by atoms with Crippen molar-refractivity contribution in [2.24, 2.45) is 5.92 Å². The first-order valence-corrected chi connectivity index (χ1v) is 9.62. The Labute approximate surface area is 166 Å². The standard InChI is InChI=1S/C19H21ClF2N6/c1-11-3-4-27(8-13-5-12(2)25-17(20)6-13)9-14(11)16-7-15(18(21)22)26-19-23-10-24-28(16)19/h5-7,10-11,14,18H,3-4,8-9H2,1-2H3/t11-,14-/m0/s1. The number of likely N-dealkylation sites (tertiary alicyclic amines) is 1. The van der Waals surface area contributed by atoms with Crippen molar-refractivity contribution < 1.29 is 8.78 Å². The molecule has 1 aliphatic rings. The van der Waals surface area contributed by atoms with Crippen LogP contribution in [-0.4, -0.2) is 42.6 Å². The maximum absolute atomic E-state index is 13.3. The van der Waals surface area contributed by atoms with Gasteiger partial charge in [-0.25, -0.2) is 23.3 Å². The van der Waals surface area contributed by atoms with Crippen molar-refractivity contribution in [3.8, 4) is 0 Å². The first-order valence-electron chi connectivity index (χ1n) is 9.25. The summed E-state index contributed by atoms with van der Waals surface area (Å²) >= 11 is 6.09. The van der Waals surface area contributed by atoms with E-state index < -0.39 is 6.43 Å². The number of fused-ring (bicyclic) bond motifs is 1. The Morgan fingerprint density at radius 2 is 2.07 bits per heavy atom. The third-order valence-electron chi connectivity index (χ3n) is 5.33. The molecule has 0 spiro atoms. The number of hydrogen-bond donors (Lipinski definition) is 0. The van der Waals surface area contributed by atoms with Crippen LogP contribution in [0.15, 0.2) is 24.5 Å². The number of hydrogen-bond acceptors (Lipinski definition) is 5. The molecule has 0 amide bonds. The molecule has 0 aromatic carbocycles. The van der Waals surface area contributed by atoms with Crippen LogP contribution < -0.4 is 0 Å². The zero-order valence-corrected chi connectivity index (χ0v) is 16.4. The van der Waals surface area contributed by atoms with Crippen LogP contribution in [0, 0.1) is 12.8 Å². The van der Waals surface area contributed by atoms with E-state index in [0.29, 0.717) is 11.1 Å². The minimum Gasteiger partial charge on any atom is -0.298 e. The normalized spacial score (nSPS) is 20.9. The maximum Gasteiger partial charge on any atom is 0.280 e. The Morgan fingerprint density at radius 3 is 2.82 bits per heavy atom. The number of pyridine rings is 1. The highest BCUT2D eigenvalue weighted by atomic mass is 35.5. The summed E-state index contributed by atoms with van der Waals surface area (Å²) in [5, 5.41) is 4.70. The third-order valence-corrected chi connectivity index (χ3v) is 5.53. The van der Waals surface area contributed by atoms with Crippen molar-refractivity contribution in [3.05, 3.63) is 52.3 Å². The van der Waals surface area contributed by atoms with Gasteiger partial charge in [0.2, 0.25) is 0 Å². The molecule has 4 rings (SSSR count). The highest BCUT2D eigenvalue weighted by Gasteiger charge is 2.31. The van der Waals surface area contributed by atoms with Crippen molar-refractivity contribution in [2.45, 2.75) is 39.2 Å². The van der Waals surface area contributed by atoms with E-state index in [0.717, 1.165) is 43.0 Å². The molecule has 9 heteroatoms. The molecular weight excluding hydrogens is 386 g/mol. The summed E-state index contributed by atoms with van der Waals surface area (Å²) in [6.45, 7) is 6.48. The lowest BCUT2D eigenvalue weighted by Crippen LogP contribution is -2.38. The molecule has 3 aromatic heterocycles. The lowest BCUT2D eigenvalue weighted by Gasteiger charge is -2.37. The van der Waals surface area contributed by atoms with Gasteiger partial charge in [-0.15, -0.1) is 0 Å². The molecule has 0 bridgehead atoms. The molecular formula is C19H21ClF2N6.